The summed E-state index contributed by atoms with van der Waals surface area (Å²) >= 11 is 0. The number of aliphatic imine (C=N–C) groups is 1. The quantitative estimate of drug-likeness (QED) is 0.383. The minimum atomic E-state index is 1.69. The van der Waals surface area contributed by atoms with Crippen molar-refractivity contribution in [3.63, 3.8) is 0 Å². The highest BCUT2D eigenvalue weighted by Gasteiger charge is 1.99. The van der Waals surface area contributed by atoms with E-state index in [1.165, 1.54) is 0 Å². The van der Waals surface area contributed by atoms with Gasteiger partial charge in [-0.25, -0.2) is 0 Å². The van der Waals surface area contributed by atoms with Crippen molar-refractivity contribution in [3.05, 3.63) is 12.4 Å². The summed E-state index contributed by atoms with van der Waals surface area (Å²) in [6, 6.07) is 0. The molecular weight excluding hydrogens is 76.1 g/mol. The molecule has 1 heterocycles. The molecule has 0 bridgehead atoms. The van der Waals surface area contributed by atoms with Crippen molar-refractivity contribution in [2.45, 2.75) is 0 Å². The first kappa shape index (κ1) is 3.32. The van der Waals surface area contributed by atoms with E-state index in [1.807, 2.05) is 13.2 Å². The highest BCUT2D eigenvalue weighted by Crippen LogP contribution is 1.87. The van der Waals surface area contributed by atoms with Gasteiger partial charge in [-0.15, -0.1) is 0 Å². The Kier molecular flexibility index (Phi) is 0.592. The second kappa shape index (κ2) is 1.07. The fourth-order valence-corrected chi connectivity index (χ4v) is 0.291. The Morgan fingerprint density at radius 2 is 2.67 bits per heavy atom. The first-order valence-electron chi connectivity index (χ1n) is 1.74. The van der Waals surface area contributed by atoms with Crippen molar-refractivity contribution in [2.24, 2.45) is 4.99 Å². The van der Waals surface area contributed by atoms with Crippen LogP contribution in [0.1, 0.15) is 0 Å². The van der Waals surface area contributed by atoms with E-state index in [4.69, 9.17) is 0 Å². The number of hydrogen-bond donors (Lipinski definition) is 0. The minimum Gasteiger partial charge on any atom is -0.176 e. The van der Waals surface area contributed by atoms with Crippen molar-refractivity contribution >= 4 is 6.34 Å². The van der Waals surface area contributed by atoms with Gasteiger partial charge in [-0.2, -0.15) is 4.90 Å². The van der Waals surface area contributed by atoms with Crippen LogP contribution in [0.25, 0.3) is 0 Å². The van der Waals surface area contributed by atoms with Gasteiger partial charge in [0.05, 0.1) is 0 Å². The van der Waals surface area contributed by atoms with Crippen LogP contribution >= 0.6 is 0 Å². The lowest BCUT2D eigenvalue weighted by molar-refractivity contribution is 0.726. The van der Waals surface area contributed by atoms with Crippen LogP contribution in [0.5, 0.6) is 0 Å². The molecule has 0 aromatic heterocycles. The standard InChI is InChI=1S/C4H5N2/c1-6-3-2-5-4-6/h2-3H,1H3/q+1. The zero-order chi connectivity index (χ0) is 4.41. The maximum atomic E-state index is 3.66. The minimum absolute atomic E-state index is 1.69. The molecule has 0 aliphatic carbocycles. The molecule has 0 saturated heterocycles. The van der Waals surface area contributed by atoms with Crippen LogP contribution < -0.4 is 0 Å². The third kappa shape index (κ3) is 0.374. The van der Waals surface area contributed by atoms with Gasteiger partial charge in [-0.05, 0) is 4.99 Å². The van der Waals surface area contributed by atoms with Crippen LogP contribution in [0.4, 0.5) is 0 Å². The van der Waals surface area contributed by atoms with Crippen LogP contribution in [-0.4, -0.2) is 18.3 Å². The molecule has 2 nitrogen and oxygen atoms in total. The Morgan fingerprint density at radius 1 is 1.83 bits per heavy atom. The predicted octanol–water partition coefficient (Wildman–Crippen LogP) is 0.308. The molecule has 0 N–H and O–H groups in total. The molecule has 6 heavy (non-hydrogen) atoms. The maximum Gasteiger partial charge on any atom is 0.255 e. The van der Waals surface area contributed by atoms with E-state index in [0.717, 1.165) is 0 Å². The van der Waals surface area contributed by atoms with Gasteiger partial charge in [-0.3, -0.25) is 0 Å². The van der Waals surface area contributed by atoms with E-state index in [0.29, 0.717) is 0 Å². The number of hydrogen-bond acceptors (Lipinski definition) is 2. The lowest BCUT2D eigenvalue weighted by atomic mass is 10.9. The average molecular weight is 81.1 g/mol. The Labute approximate surface area is 36.8 Å². The van der Waals surface area contributed by atoms with E-state index in [9.17, 15) is 0 Å². The van der Waals surface area contributed by atoms with Gasteiger partial charge < -0.3 is 0 Å². The lowest BCUT2D eigenvalue weighted by Crippen LogP contribution is -2.01. The topological polar surface area (TPSA) is 15.6 Å². The van der Waals surface area contributed by atoms with E-state index < -0.39 is 0 Å². The summed E-state index contributed by atoms with van der Waals surface area (Å²) in [5.74, 6) is 0. The third-order valence-electron chi connectivity index (χ3n) is 0.580. The summed E-state index contributed by atoms with van der Waals surface area (Å²) in [7, 11) is 1.88. The van der Waals surface area contributed by atoms with Crippen molar-refractivity contribution in [3.8, 4) is 0 Å². The van der Waals surface area contributed by atoms with Crippen molar-refractivity contribution in [1.82, 2.24) is 4.90 Å². The van der Waals surface area contributed by atoms with Crippen LogP contribution in [0, 0.1) is 0 Å². The maximum absolute atomic E-state index is 3.66. The molecule has 0 saturated carbocycles. The smallest absolute Gasteiger partial charge is 0.176 e. The van der Waals surface area contributed by atoms with E-state index >= 15 is 0 Å². The van der Waals surface area contributed by atoms with Gasteiger partial charge in [0.2, 0.25) is 6.20 Å². The molecule has 1 aliphatic heterocycles. The Hall–Kier alpha value is -0.880. The summed E-state index contributed by atoms with van der Waals surface area (Å²) in [5.41, 5.74) is 0. The lowest BCUT2D eigenvalue weighted by Gasteiger charge is -1.80. The fourth-order valence-electron chi connectivity index (χ4n) is 0.291. The Balaban J connectivity index is 2.60. The molecule has 0 amide bonds. The second-order valence-electron chi connectivity index (χ2n) is 1.14. The van der Waals surface area contributed by atoms with E-state index in [2.05, 4.69) is 11.3 Å². The van der Waals surface area contributed by atoms with Crippen molar-refractivity contribution < 1.29 is 0 Å². The zero-order valence-corrected chi connectivity index (χ0v) is 3.55. The summed E-state index contributed by atoms with van der Waals surface area (Å²) in [6.45, 7) is 0. The fraction of sp³-hybridized carbons (Fsp3) is 0.250. The van der Waals surface area contributed by atoms with Gasteiger partial charge in [0.15, 0.2) is 6.20 Å². The molecule has 30 valence electrons. The molecule has 0 aromatic rings. The Morgan fingerprint density at radius 3 is 2.83 bits per heavy atom. The first-order valence-corrected chi connectivity index (χ1v) is 1.74. The molecule has 0 fully saturated rings. The zero-order valence-electron chi connectivity index (χ0n) is 3.55. The highest BCUT2D eigenvalue weighted by molar-refractivity contribution is 5.59. The third-order valence-corrected chi connectivity index (χ3v) is 0.580. The van der Waals surface area contributed by atoms with Gasteiger partial charge in [0, 0.05) is 7.05 Å². The largest absolute Gasteiger partial charge is 0.255 e. The molecular formula is C4H5N2+. The van der Waals surface area contributed by atoms with Gasteiger partial charge in [-0.1, -0.05) is 0 Å². The van der Waals surface area contributed by atoms with Gasteiger partial charge >= 0.3 is 0 Å². The summed E-state index contributed by atoms with van der Waals surface area (Å²) in [5, 5.41) is 0. The molecule has 0 radical (unpaired) electrons. The van der Waals surface area contributed by atoms with E-state index in [-0.39, 0.29) is 0 Å². The average Bonchev–Trinajstić information content (AvgIpc) is 1.86. The van der Waals surface area contributed by atoms with Crippen LogP contribution in [0.15, 0.2) is 17.4 Å². The van der Waals surface area contributed by atoms with Crippen molar-refractivity contribution in [2.75, 3.05) is 7.05 Å². The highest BCUT2D eigenvalue weighted by atomic mass is 15.1. The summed E-state index contributed by atoms with van der Waals surface area (Å²) in [6.07, 6.45) is 6.19. The van der Waals surface area contributed by atoms with Crippen LogP contribution in [-0.2, 0) is 0 Å². The molecule has 2 heteroatoms. The van der Waals surface area contributed by atoms with Crippen molar-refractivity contribution in [1.29, 1.82) is 0 Å². The number of rotatable bonds is 0. The molecule has 1 rings (SSSR count). The van der Waals surface area contributed by atoms with Crippen LogP contribution in [0.2, 0.25) is 0 Å². The predicted molar refractivity (Wildman–Crippen MR) is 24.3 cm³/mol. The molecule has 0 spiro atoms. The number of nitrogens with zero attached hydrogens (tertiary/aromatic N) is 2. The second-order valence-corrected chi connectivity index (χ2v) is 1.14. The Bertz CT molecular complexity index is 81.7. The summed E-state index contributed by atoms with van der Waals surface area (Å²) < 4.78 is 0. The molecule has 0 atom stereocenters. The molecule has 1 aliphatic rings. The van der Waals surface area contributed by atoms with Gasteiger partial charge in [0.1, 0.15) is 0 Å². The first-order chi connectivity index (χ1) is 2.89. The van der Waals surface area contributed by atoms with Crippen LogP contribution in [0.3, 0.4) is 0 Å². The molecule has 0 unspecified atom stereocenters. The summed E-state index contributed by atoms with van der Waals surface area (Å²) in [4.78, 5) is 5.42. The normalized spacial score (nSPS) is 15.8. The monoisotopic (exact) mass is 81.0 g/mol. The molecule has 0 aromatic carbocycles. The van der Waals surface area contributed by atoms with E-state index in [1.54, 1.807) is 11.1 Å². The van der Waals surface area contributed by atoms with Gasteiger partial charge in [0.25, 0.3) is 6.34 Å². The SMILES string of the molecule is CN1[C+]=NC=C1.